The number of carbonyl (C=O) groups excluding carboxylic acids is 1. The van der Waals surface area contributed by atoms with Crippen molar-refractivity contribution in [1.82, 2.24) is 9.55 Å². The first-order valence-electron chi connectivity index (χ1n) is 6.78. The van der Waals surface area contributed by atoms with E-state index in [0.29, 0.717) is 11.4 Å². The average Bonchev–Trinajstić information content (AvgIpc) is 2.43. The van der Waals surface area contributed by atoms with E-state index >= 15 is 0 Å². The highest BCUT2D eigenvalue weighted by atomic mass is 16.2. The lowest BCUT2D eigenvalue weighted by atomic mass is 10.2. The molecule has 7 nitrogen and oxygen atoms in total. The second-order valence-electron chi connectivity index (χ2n) is 5.17. The molecule has 0 radical (unpaired) electrons. The number of hydrogen-bond donors (Lipinski definition) is 2. The molecule has 1 aromatic heterocycles. The zero-order chi connectivity index (χ0) is 16.3. The average molecular weight is 301 g/mol. The Morgan fingerprint density at radius 1 is 1.32 bits per heavy atom. The van der Waals surface area contributed by atoms with Gasteiger partial charge in [0.2, 0.25) is 11.9 Å². The summed E-state index contributed by atoms with van der Waals surface area (Å²) in [6.07, 6.45) is 0. The third kappa shape index (κ3) is 3.63. The van der Waals surface area contributed by atoms with E-state index in [2.05, 4.69) is 10.3 Å². The SMILES string of the molecule is Cc1cc(=O)n(CC(=O)Nc2ccc(N(C)C)cc2)c(N)n1. The first kappa shape index (κ1) is 15.6. The molecule has 2 aromatic rings. The van der Waals surface area contributed by atoms with Crippen LogP contribution in [0.15, 0.2) is 35.1 Å². The molecule has 3 N–H and O–H groups in total. The summed E-state index contributed by atoms with van der Waals surface area (Å²) in [5.74, 6) is -0.305. The molecular formula is C15H19N5O2. The summed E-state index contributed by atoms with van der Waals surface area (Å²) in [6.45, 7) is 1.50. The molecule has 22 heavy (non-hydrogen) atoms. The summed E-state index contributed by atoms with van der Waals surface area (Å²) < 4.78 is 1.14. The topological polar surface area (TPSA) is 93.2 Å². The third-order valence-corrected chi connectivity index (χ3v) is 3.14. The predicted molar refractivity (Wildman–Crippen MR) is 87.0 cm³/mol. The fraction of sp³-hybridized carbons (Fsp3) is 0.267. The fourth-order valence-electron chi connectivity index (χ4n) is 1.99. The maximum atomic E-state index is 12.0. The van der Waals surface area contributed by atoms with Gasteiger partial charge in [0.25, 0.3) is 5.56 Å². The number of nitrogen functional groups attached to an aromatic ring is 1. The monoisotopic (exact) mass is 301 g/mol. The van der Waals surface area contributed by atoms with Crippen molar-refractivity contribution in [1.29, 1.82) is 0 Å². The van der Waals surface area contributed by atoms with E-state index in [1.165, 1.54) is 6.07 Å². The molecule has 0 saturated carbocycles. The van der Waals surface area contributed by atoms with Gasteiger partial charge in [-0.1, -0.05) is 0 Å². The van der Waals surface area contributed by atoms with Crippen LogP contribution in [-0.2, 0) is 11.3 Å². The van der Waals surface area contributed by atoms with Gasteiger partial charge in [-0.25, -0.2) is 4.98 Å². The largest absolute Gasteiger partial charge is 0.378 e. The second kappa shape index (κ2) is 6.30. The number of nitrogens with two attached hydrogens (primary N) is 1. The Labute approximate surface area is 128 Å². The molecule has 1 amide bonds. The van der Waals surface area contributed by atoms with Crippen molar-refractivity contribution in [2.75, 3.05) is 30.0 Å². The standard InChI is InChI=1S/C15H19N5O2/c1-10-8-14(22)20(15(16)17-10)9-13(21)18-11-4-6-12(7-5-11)19(2)3/h4-8H,9H2,1-3H3,(H2,16,17)(H,18,21). The van der Waals surface area contributed by atoms with E-state index in [0.717, 1.165) is 10.3 Å². The van der Waals surface area contributed by atoms with Gasteiger partial charge in [0.15, 0.2) is 0 Å². The molecule has 0 unspecified atom stereocenters. The minimum absolute atomic E-state index is 0.0307. The Bertz CT molecular complexity index is 735. The number of anilines is 3. The number of nitrogens with zero attached hydrogens (tertiary/aromatic N) is 3. The van der Waals surface area contributed by atoms with Crippen molar-refractivity contribution in [3.05, 3.63) is 46.4 Å². The second-order valence-corrected chi connectivity index (χ2v) is 5.17. The maximum Gasteiger partial charge on any atom is 0.255 e. The zero-order valence-electron chi connectivity index (χ0n) is 12.8. The van der Waals surface area contributed by atoms with Gasteiger partial charge in [0.1, 0.15) is 6.54 Å². The molecule has 0 aliphatic heterocycles. The highest BCUT2D eigenvalue weighted by Crippen LogP contribution is 2.15. The van der Waals surface area contributed by atoms with Crippen molar-refractivity contribution < 1.29 is 4.79 Å². The Kier molecular flexibility index (Phi) is 4.45. The van der Waals surface area contributed by atoms with E-state index in [1.807, 2.05) is 31.1 Å². The normalized spacial score (nSPS) is 10.3. The minimum Gasteiger partial charge on any atom is -0.378 e. The quantitative estimate of drug-likeness (QED) is 0.873. The highest BCUT2D eigenvalue weighted by Gasteiger charge is 2.09. The number of hydrogen-bond acceptors (Lipinski definition) is 5. The summed E-state index contributed by atoms with van der Waals surface area (Å²) in [4.78, 5) is 29.8. The Morgan fingerprint density at radius 3 is 2.50 bits per heavy atom. The van der Waals surface area contributed by atoms with E-state index in [-0.39, 0.29) is 24.0 Å². The van der Waals surface area contributed by atoms with Crippen molar-refractivity contribution in [2.45, 2.75) is 13.5 Å². The number of carbonyl (C=O) groups is 1. The molecule has 0 saturated heterocycles. The molecule has 0 bridgehead atoms. The summed E-state index contributed by atoms with van der Waals surface area (Å²) in [5.41, 5.74) is 7.55. The van der Waals surface area contributed by atoms with E-state index in [1.54, 1.807) is 19.1 Å². The Balaban J connectivity index is 2.09. The highest BCUT2D eigenvalue weighted by molar-refractivity contribution is 5.90. The van der Waals surface area contributed by atoms with E-state index < -0.39 is 0 Å². The number of aromatic nitrogens is 2. The number of aryl methyl sites for hydroxylation is 1. The lowest BCUT2D eigenvalue weighted by Gasteiger charge is -2.13. The molecule has 0 atom stereocenters. The number of rotatable bonds is 4. The summed E-state index contributed by atoms with van der Waals surface area (Å²) in [7, 11) is 3.88. The zero-order valence-corrected chi connectivity index (χ0v) is 12.8. The van der Waals surface area contributed by atoms with Crippen LogP contribution < -0.4 is 21.5 Å². The molecule has 7 heteroatoms. The fourth-order valence-corrected chi connectivity index (χ4v) is 1.99. The molecule has 2 rings (SSSR count). The molecule has 0 aliphatic carbocycles. The Hall–Kier alpha value is -2.83. The lowest BCUT2D eigenvalue weighted by Crippen LogP contribution is -2.30. The van der Waals surface area contributed by atoms with Crippen LogP contribution in [0.2, 0.25) is 0 Å². The summed E-state index contributed by atoms with van der Waals surface area (Å²) >= 11 is 0. The van der Waals surface area contributed by atoms with Gasteiger partial charge < -0.3 is 16.0 Å². The predicted octanol–water partition coefficient (Wildman–Crippen LogP) is 0.839. The van der Waals surface area contributed by atoms with E-state index in [4.69, 9.17) is 5.73 Å². The van der Waals surface area contributed by atoms with Gasteiger partial charge >= 0.3 is 0 Å². The summed E-state index contributed by atoms with van der Waals surface area (Å²) in [5, 5.41) is 2.73. The van der Waals surface area contributed by atoms with Gasteiger partial charge in [-0.05, 0) is 31.2 Å². The van der Waals surface area contributed by atoms with Crippen LogP contribution >= 0.6 is 0 Å². The molecule has 0 spiro atoms. The van der Waals surface area contributed by atoms with Crippen LogP contribution in [-0.4, -0.2) is 29.6 Å². The van der Waals surface area contributed by atoms with Gasteiger partial charge in [-0.15, -0.1) is 0 Å². The number of benzene rings is 1. The smallest absolute Gasteiger partial charge is 0.255 e. The van der Waals surface area contributed by atoms with Gasteiger partial charge in [-0.2, -0.15) is 0 Å². The maximum absolute atomic E-state index is 12.0. The van der Waals surface area contributed by atoms with Crippen LogP contribution in [0.25, 0.3) is 0 Å². The third-order valence-electron chi connectivity index (χ3n) is 3.14. The van der Waals surface area contributed by atoms with E-state index in [9.17, 15) is 9.59 Å². The van der Waals surface area contributed by atoms with Gasteiger partial charge in [0, 0.05) is 37.2 Å². The minimum atomic E-state index is -0.344. The Morgan fingerprint density at radius 2 is 1.95 bits per heavy atom. The first-order chi connectivity index (χ1) is 10.4. The lowest BCUT2D eigenvalue weighted by molar-refractivity contribution is -0.116. The summed E-state index contributed by atoms with van der Waals surface area (Å²) in [6, 6.07) is 8.72. The van der Waals surface area contributed by atoms with Gasteiger partial charge in [-0.3, -0.25) is 14.2 Å². The van der Waals surface area contributed by atoms with Crippen LogP contribution in [0.4, 0.5) is 17.3 Å². The molecular weight excluding hydrogens is 282 g/mol. The molecule has 116 valence electrons. The molecule has 1 heterocycles. The number of amides is 1. The van der Waals surface area contributed by atoms with Crippen LogP contribution in [0, 0.1) is 6.92 Å². The van der Waals surface area contributed by atoms with Gasteiger partial charge in [0.05, 0.1) is 0 Å². The van der Waals surface area contributed by atoms with Crippen molar-refractivity contribution >= 4 is 23.2 Å². The molecule has 0 aliphatic rings. The van der Waals surface area contributed by atoms with Crippen molar-refractivity contribution in [3.8, 4) is 0 Å². The van der Waals surface area contributed by atoms with Crippen LogP contribution in [0.3, 0.4) is 0 Å². The first-order valence-corrected chi connectivity index (χ1v) is 6.78. The van der Waals surface area contributed by atoms with Crippen molar-refractivity contribution in [2.24, 2.45) is 0 Å². The van der Waals surface area contributed by atoms with Crippen LogP contribution in [0.5, 0.6) is 0 Å². The number of nitrogens with one attached hydrogen (secondary N) is 1. The van der Waals surface area contributed by atoms with Crippen LogP contribution in [0.1, 0.15) is 5.69 Å². The van der Waals surface area contributed by atoms with Crippen molar-refractivity contribution in [3.63, 3.8) is 0 Å². The molecule has 1 aromatic carbocycles. The molecule has 0 fully saturated rings.